The summed E-state index contributed by atoms with van der Waals surface area (Å²) in [7, 11) is -6.06. The van der Waals surface area contributed by atoms with Crippen LogP contribution in [0.5, 0.6) is 0 Å². The fourth-order valence-electron chi connectivity index (χ4n) is 2.10. The minimum atomic E-state index is -2.01. The topological polar surface area (TPSA) is 27.7 Å². The molecule has 1 unspecified atom stereocenters. The van der Waals surface area contributed by atoms with Crippen molar-refractivity contribution in [1.29, 1.82) is 0 Å². The van der Waals surface area contributed by atoms with Gasteiger partial charge in [0.1, 0.15) is 0 Å². The lowest BCUT2D eigenvalue weighted by atomic mass is 10.3. The average Bonchev–Trinajstić information content (AvgIpc) is 2.11. The second kappa shape index (κ2) is 8.91. The van der Waals surface area contributed by atoms with Gasteiger partial charge in [-0.25, -0.2) is 0 Å². The molecule has 19 heavy (non-hydrogen) atoms. The standard InChI is InChI=1S/C12H34O3Si4/c1-9-10-11-12-17(13-16(2)3)14-19(7,8)15-18(4,5)6/h16-17H,9-12H2,1-8H3. The molecule has 7 heteroatoms. The van der Waals surface area contributed by atoms with Crippen molar-refractivity contribution in [1.82, 2.24) is 0 Å². The SMILES string of the molecule is CCCCC[SiH](O[SiH](C)C)O[Si](C)(C)O[Si](C)(C)C. The van der Waals surface area contributed by atoms with Gasteiger partial charge >= 0.3 is 17.8 Å². The summed E-state index contributed by atoms with van der Waals surface area (Å²) in [5.41, 5.74) is 0. The minimum Gasteiger partial charge on any atom is -0.441 e. The van der Waals surface area contributed by atoms with Gasteiger partial charge in [-0.1, -0.05) is 26.2 Å². The molecule has 0 saturated heterocycles. The van der Waals surface area contributed by atoms with Gasteiger partial charge in [0.15, 0.2) is 17.4 Å². The molecule has 0 N–H and O–H groups in total. The third-order valence-electron chi connectivity index (χ3n) is 2.43. The van der Waals surface area contributed by atoms with E-state index < -0.39 is 35.2 Å². The molecule has 0 aromatic rings. The Kier molecular flexibility index (Phi) is 9.26. The van der Waals surface area contributed by atoms with E-state index in [1.165, 1.54) is 19.3 Å². The Balaban J connectivity index is 4.42. The molecule has 0 saturated carbocycles. The van der Waals surface area contributed by atoms with Crippen molar-refractivity contribution in [3.63, 3.8) is 0 Å². The van der Waals surface area contributed by atoms with E-state index in [0.29, 0.717) is 0 Å². The number of unbranched alkanes of at least 4 members (excludes halogenated alkanes) is 2. The lowest BCUT2D eigenvalue weighted by Gasteiger charge is -2.34. The fourth-order valence-corrected chi connectivity index (χ4v) is 15.9. The summed E-state index contributed by atoms with van der Waals surface area (Å²) >= 11 is 0. The van der Waals surface area contributed by atoms with Gasteiger partial charge in [-0.3, -0.25) is 0 Å². The predicted octanol–water partition coefficient (Wildman–Crippen LogP) is 3.97. The molecule has 0 fully saturated rings. The molecule has 1 atom stereocenters. The quantitative estimate of drug-likeness (QED) is 0.445. The second-order valence-corrected chi connectivity index (χ2v) is 20.2. The van der Waals surface area contributed by atoms with E-state index in [0.717, 1.165) is 6.04 Å². The zero-order chi connectivity index (χ0) is 15.1. The predicted molar refractivity (Wildman–Crippen MR) is 94.4 cm³/mol. The summed E-state index contributed by atoms with van der Waals surface area (Å²) in [6.45, 7) is 17.8. The molecular formula is C12H34O3Si4. The fraction of sp³-hybridized carbons (Fsp3) is 1.00. The molecule has 0 aromatic carbocycles. The second-order valence-electron chi connectivity index (χ2n) is 6.84. The van der Waals surface area contributed by atoms with Crippen molar-refractivity contribution in [3.8, 4) is 0 Å². The van der Waals surface area contributed by atoms with Crippen LogP contribution in [-0.4, -0.2) is 35.2 Å². The van der Waals surface area contributed by atoms with Crippen molar-refractivity contribution in [2.45, 2.75) is 78.1 Å². The maximum atomic E-state index is 6.37. The smallest absolute Gasteiger partial charge is 0.312 e. The highest BCUT2D eigenvalue weighted by molar-refractivity contribution is 6.84. The Morgan fingerprint density at radius 2 is 1.53 bits per heavy atom. The Labute approximate surface area is 126 Å². The Bertz CT molecular complexity index is 242. The third-order valence-corrected chi connectivity index (χ3v) is 14.4. The molecule has 0 bridgehead atoms. The van der Waals surface area contributed by atoms with Crippen molar-refractivity contribution in [3.05, 3.63) is 0 Å². The average molecular weight is 339 g/mol. The van der Waals surface area contributed by atoms with E-state index in [-0.39, 0.29) is 0 Å². The number of hydrogen-bond acceptors (Lipinski definition) is 3. The van der Waals surface area contributed by atoms with E-state index in [1.54, 1.807) is 0 Å². The highest BCUT2D eigenvalue weighted by Crippen LogP contribution is 2.19. The minimum absolute atomic E-state index is 1.01. The van der Waals surface area contributed by atoms with Gasteiger partial charge in [-0.05, 0) is 51.9 Å². The van der Waals surface area contributed by atoms with Crippen LogP contribution in [0.3, 0.4) is 0 Å². The van der Waals surface area contributed by atoms with E-state index in [1.807, 2.05) is 0 Å². The van der Waals surface area contributed by atoms with E-state index in [9.17, 15) is 0 Å². The molecule has 116 valence electrons. The summed E-state index contributed by atoms with van der Waals surface area (Å²) in [5, 5.41) is 0. The van der Waals surface area contributed by atoms with Crippen LogP contribution in [0.1, 0.15) is 26.2 Å². The molecule has 3 nitrogen and oxygen atoms in total. The zero-order valence-electron chi connectivity index (χ0n) is 14.2. The van der Waals surface area contributed by atoms with Crippen LogP contribution >= 0.6 is 0 Å². The molecule has 0 heterocycles. The van der Waals surface area contributed by atoms with Crippen molar-refractivity contribution in [2.75, 3.05) is 0 Å². The van der Waals surface area contributed by atoms with Crippen LogP contribution in [-0.2, 0) is 12.3 Å². The first-order chi connectivity index (χ1) is 8.56. The Morgan fingerprint density at radius 3 is 1.95 bits per heavy atom. The molecule has 0 aliphatic rings. The van der Waals surface area contributed by atoms with Crippen LogP contribution in [0.25, 0.3) is 0 Å². The first-order valence-corrected chi connectivity index (χ1v) is 18.4. The Hall–Kier alpha value is 0.748. The number of rotatable bonds is 10. The summed E-state index contributed by atoms with van der Waals surface area (Å²) in [5.74, 6) is 0. The molecule has 0 radical (unpaired) electrons. The van der Waals surface area contributed by atoms with Gasteiger partial charge in [0, 0.05) is 0 Å². The highest BCUT2D eigenvalue weighted by Gasteiger charge is 2.34. The third kappa shape index (κ3) is 12.2. The van der Waals surface area contributed by atoms with E-state index in [2.05, 4.69) is 52.8 Å². The Morgan fingerprint density at radius 1 is 0.947 bits per heavy atom. The molecule has 0 aromatic heterocycles. The monoisotopic (exact) mass is 338 g/mol. The van der Waals surface area contributed by atoms with E-state index >= 15 is 0 Å². The lowest BCUT2D eigenvalue weighted by molar-refractivity contribution is 0.348. The summed E-state index contributed by atoms with van der Waals surface area (Å²) in [4.78, 5) is 0. The lowest BCUT2D eigenvalue weighted by Crippen LogP contribution is -2.49. The first kappa shape index (κ1) is 19.7. The van der Waals surface area contributed by atoms with Gasteiger partial charge in [-0.2, -0.15) is 0 Å². The van der Waals surface area contributed by atoms with Gasteiger partial charge < -0.3 is 12.3 Å². The maximum absolute atomic E-state index is 6.37. The largest absolute Gasteiger partial charge is 0.441 e. The van der Waals surface area contributed by atoms with Gasteiger partial charge in [0.25, 0.3) is 0 Å². The van der Waals surface area contributed by atoms with Gasteiger partial charge in [0.2, 0.25) is 0 Å². The summed E-state index contributed by atoms with van der Waals surface area (Å²) in [6, 6.07) is 1.14. The van der Waals surface area contributed by atoms with Crippen LogP contribution in [0, 0.1) is 0 Å². The van der Waals surface area contributed by atoms with Crippen LogP contribution in [0.15, 0.2) is 0 Å². The molecule has 0 aliphatic carbocycles. The number of hydrogen-bond donors (Lipinski definition) is 0. The van der Waals surface area contributed by atoms with Gasteiger partial charge in [0.05, 0.1) is 0 Å². The van der Waals surface area contributed by atoms with Crippen molar-refractivity contribution < 1.29 is 12.3 Å². The molecule has 0 rings (SSSR count). The molecular weight excluding hydrogens is 304 g/mol. The van der Waals surface area contributed by atoms with Crippen molar-refractivity contribution in [2.24, 2.45) is 0 Å². The van der Waals surface area contributed by atoms with Crippen LogP contribution < -0.4 is 0 Å². The summed E-state index contributed by atoms with van der Waals surface area (Å²) < 4.78 is 18.8. The molecule has 0 spiro atoms. The maximum Gasteiger partial charge on any atom is 0.312 e. The van der Waals surface area contributed by atoms with Crippen molar-refractivity contribution >= 4 is 35.2 Å². The highest BCUT2D eigenvalue weighted by atomic mass is 28.5. The van der Waals surface area contributed by atoms with Gasteiger partial charge in [-0.15, -0.1) is 0 Å². The van der Waals surface area contributed by atoms with E-state index in [4.69, 9.17) is 12.3 Å². The molecule has 0 aliphatic heterocycles. The molecule has 0 amide bonds. The van der Waals surface area contributed by atoms with Crippen LogP contribution in [0.4, 0.5) is 0 Å². The summed E-state index contributed by atoms with van der Waals surface area (Å²) in [6.07, 6.45) is 3.78. The van der Waals surface area contributed by atoms with Crippen LogP contribution in [0.2, 0.25) is 51.9 Å². The zero-order valence-corrected chi connectivity index (χ0v) is 18.5. The normalized spacial score (nSPS) is 15.0. The first-order valence-electron chi connectivity index (χ1n) is 7.59.